The Labute approximate surface area is 216 Å². The quantitative estimate of drug-likeness (QED) is 0.238. The number of amides is 1. The van der Waals surface area contributed by atoms with Crippen LogP contribution >= 0.6 is 0 Å². The molecule has 0 spiro atoms. The average molecular weight is 519 g/mol. The highest BCUT2D eigenvalue weighted by atomic mass is 19.4. The molecule has 0 aliphatic rings. The minimum atomic E-state index is -4.61. The number of aromatic amines is 1. The molecule has 0 aliphatic heterocycles. The number of anilines is 2. The minimum Gasteiger partial charge on any atom is -0.380 e. The van der Waals surface area contributed by atoms with Crippen LogP contribution < -0.4 is 10.6 Å². The molecule has 0 atom stereocenters. The number of benzene rings is 2. The number of aromatic nitrogens is 4. The predicted molar refractivity (Wildman–Crippen MR) is 141 cm³/mol. The fourth-order valence-corrected chi connectivity index (χ4v) is 4.21. The normalized spacial score (nSPS) is 11.6. The zero-order chi connectivity index (χ0) is 27.0. The summed E-state index contributed by atoms with van der Waals surface area (Å²) in [6.07, 6.45) is 0.143. The number of nitrogens with zero attached hydrogens (tertiary/aromatic N) is 3. The van der Waals surface area contributed by atoms with Crippen molar-refractivity contribution in [3.05, 3.63) is 101 Å². The van der Waals surface area contributed by atoms with Crippen LogP contribution in [0.25, 0.3) is 16.7 Å². The minimum absolute atomic E-state index is 0.109. The molecular weight excluding hydrogens is 493 g/mol. The third-order valence-corrected chi connectivity index (χ3v) is 6.21. The van der Waals surface area contributed by atoms with Gasteiger partial charge >= 0.3 is 6.18 Å². The van der Waals surface area contributed by atoms with Gasteiger partial charge < -0.3 is 20.2 Å². The molecule has 3 heterocycles. The molecule has 0 unspecified atom stereocenters. The van der Waals surface area contributed by atoms with Crippen LogP contribution in [0.5, 0.6) is 0 Å². The number of halogens is 3. The predicted octanol–water partition coefficient (Wildman–Crippen LogP) is 6.56. The highest BCUT2D eigenvalue weighted by Crippen LogP contribution is 2.32. The third kappa shape index (κ3) is 5.39. The van der Waals surface area contributed by atoms with Crippen LogP contribution in [0.1, 0.15) is 38.4 Å². The second-order valence-electron chi connectivity index (χ2n) is 9.25. The molecule has 2 aromatic carbocycles. The molecule has 0 aliphatic carbocycles. The summed E-state index contributed by atoms with van der Waals surface area (Å²) in [6, 6.07) is 12.7. The number of H-pyrrole nitrogens is 1. The molecule has 3 aromatic heterocycles. The molecule has 0 saturated carbocycles. The Hall–Kier alpha value is -4.60. The number of fused-ring (bicyclic) bond motifs is 1. The van der Waals surface area contributed by atoms with E-state index < -0.39 is 17.6 Å². The van der Waals surface area contributed by atoms with Crippen molar-refractivity contribution in [3.8, 4) is 5.69 Å². The summed E-state index contributed by atoms with van der Waals surface area (Å²) in [7, 11) is 0. The van der Waals surface area contributed by atoms with Crippen LogP contribution in [-0.2, 0) is 12.7 Å². The van der Waals surface area contributed by atoms with Crippen LogP contribution in [0, 0.1) is 20.8 Å². The first kappa shape index (κ1) is 25.1. The van der Waals surface area contributed by atoms with Crippen molar-refractivity contribution in [1.29, 1.82) is 0 Å². The first-order valence-corrected chi connectivity index (χ1v) is 11.9. The van der Waals surface area contributed by atoms with Crippen molar-refractivity contribution in [2.24, 2.45) is 0 Å². The van der Waals surface area contributed by atoms with Gasteiger partial charge in [-0.1, -0.05) is 6.07 Å². The van der Waals surface area contributed by atoms with E-state index in [2.05, 4.69) is 25.6 Å². The number of hydrogen-bond donors (Lipinski definition) is 3. The number of carbonyl (C=O) groups is 1. The number of rotatable bonds is 6. The summed E-state index contributed by atoms with van der Waals surface area (Å²) < 4.78 is 42.3. The summed E-state index contributed by atoms with van der Waals surface area (Å²) in [6.45, 7) is 6.12. The number of hydrogen-bond acceptors (Lipinski definition) is 4. The van der Waals surface area contributed by atoms with E-state index in [1.54, 1.807) is 31.5 Å². The molecule has 0 radical (unpaired) electrons. The molecule has 7 nitrogen and oxygen atoms in total. The molecule has 0 fully saturated rings. The number of nitrogens with one attached hydrogen (secondary N) is 3. The molecule has 3 N–H and O–H groups in total. The lowest BCUT2D eigenvalue weighted by Gasteiger charge is -2.14. The zero-order valence-corrected chi connectivity index (χ0v) is 20.9. The second-order valence-corrected chi connectivity index (χ2v) is 9.25. The topological polar surface area (TPSA) is 87.6 Å². The van der Waals surface area contributed by atoms with E-state index in [9.17, 15) is 18.0 Å². The highest BCUT2D eigenvalue weighted by Gasteiger charge is 2.32. The van der Waals surface area contributed by atoms with Crippen molar-refractivity contribution >= 4 is 28.3 Å². The maximum atomic E-state index is 13.6. The van der Waals surface area contributed by atoms with Gasteiger partial charge in [-0.3, -0.25) is 4.79 Å². The van der Waals surface area contributed by atoms with Crippen molar-refractivity contribution in [2.75, 3.05) is 10.6 Å². The Bertz CT molecular complexity index is 1650. The van der Waals surface area contributed by atoms with E-state index >= 15 is 0 Å². The van der Waals surface area contributed by atoms with E-state index in [1.807, 2.05) is 32.0 Å². The van der Waals surface area contributed by atoms with Crippen LogP contribution in [0.3, 0.4) is 0 Å². The number of pyridine rings is 1. The maximum Gasteiger partial charge on any atom is 0.416 e. The van der Waals surface area contributed by atoms with Gasteiger partial charge in [-0.15, -0.1) is 0 Å². The Morgan fingerprint density at radius 3 is 2.55 bits per heavy atom. The van der Waals surface area contributed by atoms with E-state index in [0.29, 0.717) is 17.9 Å². The number of alkyl halides is 3. The number of carbonyl (C=O) groups excluding carboxylic acids is 1. The van der Waals surface area contributed by atoms with Crippen LogP contribution in [0.4, 0.5) is 24.5 Å². The van der Waals surface area contributed by atoms with Gasteiger partial charge in [0.15, 0.2) is 0 Å². The molecular formula is C28H25F3N6O. The van der Waals surface area contributed by atoms with E-state index in [1.165, 1.54) is 17.0 Å². The second kappa shape index (κ2) is 9.70. The summed E-state index contributed by atoms with van der Waals surface area (Å²) in [5, 5.41) is 7.08. The van der Waals surface area contributed by atoms with Crippen molar-refractivity contribution < 1.29 is 18.0 Å². The zero-order valence-electron chi connectivity index (χ0n) is 20.9. The van der Waals surface area contributed by atoms with Crippen LogP contribution in [0.15, 0.2) is 67.3 Å². The first-order valence-electron chi connectivity index (χ1n) is 11.9. The van der Waals surface area contributed by atoms with Gasteiger partial charge in [0.2, 0.25) is 0 Å². The van der Waals surface area contributed by atoms with Gasteiger partial charge in [-0.2, -0.15) is 13.2 Å². The standard InChI is InChI=1S/C28H25F3N6O/c1-16-4-5-23(9-21(16)12-32-24-8-19-6-17(2)35-26(19)33-13-24)36-27(38)20-7-22(28(29,30)31)11-25(10-20)37-14-18(3)34-15-37/h4-11,13-15,32H,12H2,1-3H3,(H,33,35)(H,36,38). The van der Waals surface area contributed by atoms with Gasteiger partial charge in [0.1, 0.15) is 5.65 Å². The van der Waals surface area contributed by atoms with Gasteiger partial charge in [-0.25, -0.2) is 9.97 Å². The van der Waals surface area contributed by atoms with E-state index in [4.69, 9.17) is 0 Å². The lowest BCUT2D eigenvalue weighted by atomic mass is 10.1. The molecule has 5 aromatic rings. The number of aryl methyl sites for hydroxylation is 3. The maximum absolute atomic E-state index is 13.6. The van der Waals surface area contributed by atoms with E-state index in [-0.39, 0.29) is 11.3 Å². The Morgan fingerprint density at radius 1 is 1.00 bits per heavy atom. The van der Waals surface area contributed by atoms with Gasteiger partial charge in [0, 0.05) is 40.8 Å². The summed E-state index contributed by atoms with van der Waals surface area (Å²) in [4.78, 5) is 24.7. The smallest absolute Gasteiger partial charge is 0.380 e. The molecule has 0 bridgehead atoms. The summed E-state index contributed by atoms with van der Waals surface area (Å²) >= 11 is 0. The van der Waals surface area contributed by atoms with Crippen molar-refractivity contribution in [2.45, 2.75) is 33.5 Å². The molecule has 5 rings (SSSR count). The fraction of sp³-hybridized carbons (Fsp3) is 0.179. The third-order valence-electron chi connectivity index (χ3n) is 6.21. The van der Waals surface area contributed by atoms with Crippen LogP contribution in [0.2, 0.25) is 0 Å². The Kier molecular flexibility index (Phi) is 6.40. The average Bonchev–Trinajstić information content (AvgIpc) is 3.47. The fourth-order valence-electron chi connectivity index (χ4n) is 4.21. The van der Waals surface area contributed by atoms with Gasteiger partial charge in [-0.05, 0) is 74.4 Å². The lowest BCUT2D eigenvalue weighted by molar-refractivity contribution is -0.137. The molecule has 38 heavy (non-hydrogen) atoms. The van der Waals surface area contributed by atoms with Crippen LogP contribution in [-0.4, -0.2) is 25.4 Å². The Morgan fingerprint density at radius 2 is 1.82 bits per heavy atom. The highest BCUT2D eigenvalue weighted by molar-refractivity contribution is 6.04. The summed E-state index contributed by atoms with van der Waals surface area (Å²) in [5.41, 5.74) is 4.90. The molecule has 1 amide bonds. The lowest BCUT2D eigenvalue weighted by Crippen LogP contribution is -2.15. The van der Waals surface area contributed by atoms with Gasteiger partial charge in [0.05, 0.1) is 29.5 Å². The van der Waals surface area contributed by atoms with Gasteiger partial charge in [0.25, 0.3) is 5.91 Å². The largest absolute Gasteiger partial charge is 0.416 e. The van der Waals surface area contributed by atoms with E-state index in [0.717, 1.165) is 45.7 Å². The van der Waals surface area contributed by atoms with Crippen molar-refractivity contribution in [3.63, 3.8) is 0 Å². The number of imidazole rings is 1. The van der Waals surface area contributed by atoms with Crippen molar-refractivity contribution in [1.82, 2.24) is 19.5 Å². The monoisotopic (exact) mass is 518 g/mol. The first-order chi connectivity index (χ1) is 18.0. The summed E-state index contributed by atoms with van der Waals surface area (Å²) in [5.74, 6) is -0.644. The SMILES string of the molecule is Cc1cn(-c2cc(C(=O)Nc3ccc(C)c(CNc4cnc5[nH]c(C)cc5c4)c3)cc(C(F)(F)F)c2)cn1. The molecule has 10 heteroatoms. The molecule has 194 valence electrons. The Balaban J connectivity index is 1.36. The molecule has 0 saturated heterocycles.